The first-order chi connectivity index (χ1) is 14.0. The van der Waals surface area contributed by atoms with Crippen LogP contribution in [0.4, 0.5) is 0 Å². The van der Waals surface area contributed by atoms with Crippen LogP contribution < -0.4 is 9.88 Å². The molecule has 2 aromatic carbocycles. The van der Waals surface area contributed by atoms with Crippen molar-refractivity contribution in [2.24, 2.45) is 5.14 Å². The molecule has 0 aliphatic heterocycles. The molecule has 9 heteroatoms. The van der Waals surface area contributed by atoms with E-state index in [0.717, 1.165) is 34.9 Å². The van der Waals surface area contributed by atoms with E-state index < -0.39 is 20.1 Å². The van der Waals surface area contributed by atoms with Crippen LogP contribution in [-0.2, 0) is 30.7 Å². The van der Waals surface area contributed by atoms with E-state index in [2.05, 4.69) is 0 Å². The monoisotopic (exact) mass is 449 g/mol. The largest absolute Gasteiger partial charge is 0.497 e. The van der Waals surface area contributed by atoms with Gasteiger partial charge in [-0.05, 0) is 71.5 Å². The number of hydrogen-bond acceptors (Lipinski definition) is 6. The van der Waals surface area contributed by atoms with E-state index in [-0.39, 0.29) is 11.5 Å². The van der Waals surface area contributed by atoms with E-state index in [0.29, 0.717) is 16.9 Å². The Morgan fingerprint density at radius 3 is 2.33 bits per heavy atom. The Kier molecular flexibility index (Phi) is 6.19. The molecule has 0 fully saturated rings. The maximum atomic E-state index is 11.6. The Labute approximate surface area is 177 Å². The smallest absolute Gasteiger partial charge is 0.264 e. The number of ether oxygens (including phenoxy) is 1. The van der Waals surface area contributed by atoms with Gasteiger partial charge in [0.2, 0.25) is 10.0 Å². The molecule has 0 unspecified atom stereocenters. The average Bonchev–Trinajstić information content (AvgIpc) is 2.99. The normalized spacial score (nSPS) is 14.7. The predicted molar refractivity (Wildman–Crippen MR) is 116 cm³/mol. The van der Waals surface area contributed by atoms with Gasteiger partial charge in [-0.15, -0.1) is 0 Å². The Morgan fingerprint density at radius 1 is 1.10 bits per heavy atom. The minimum atomic E-state index is -3.80. The molecule has 0 saturated heterocycles. The van der Waals surface area contributed by atoms with E-state index in [1.54, 1.807) is 25.3 Å². The van der Waals surface area contributed by atoms with E-state index in [9.17, 15) is 16.8 Å². The van der Waals surface area contributed by atoms with Gasteiger partial charge in [0.15, 0.2) is 0 Å². The summed E-state index contributed by atoms with van der Waals surface area (Å²) in [5.74, 6) is 0.696. The SMILES string of the molecule is COc1ccc2c(c1)C(C(=Cc1ccc(S(N)(=O)=O)cc1)COS(C)(=O)=O)=C(C)C2. The van der Waals surface area contributed by atoms with Crippen molar-refractivity contribution in [1.29, 1.82) is 0 Å². The molecule has 0 heterocycles. The first-order valence-corrected chi connectivity index (χ1v) is 12.4. The van der Waals surface area contributed by atoms with Crippen molar-refractivity contribution in [2.75, 3.05) is 20.0 Å². The number of allylic oxidation sites excluding steroid dienone is 1. The van der Waals surface area contributed by atoms with Gasteiger partial charge >= 0.3 is 0 Å². The molecule has 30 heavy (non-hydrogen) atoms. The number of sulfonamides is 1. The van der Waals surface area contributed by atoms with Crippen LogP contribution in [0.3, 0.4) is 0 Å². The number of rotatable bonds is 7. The predicted octanol–water partition coefficient (Wildman–Crippen LogP) is 2.73. The van der Waals surface area contributed by atoms with Crippen LogP contribution in [0.2, 0.25) is 0 Å². The quantitative estimate of drug-likeness (QED) is 0.651. The second-order valence-corrected chi connectivity index (χ2v) is 10.3. The number of fused-ring (bicyclic) bond motifs is 1. The molecule has 0 bridgehead atoms. The van der Waals surface area contributed by atoms with Crippen molar-refractivity contribution in [3.8, 4) is 5.75 Å². The van der Waals surface area contributed by atoms with Gasteiger partial charge in [-0.2, -0.15) is 8.42 Å². The van der Waals surface area contributed by atoms with Crippen LogP contribution in [0.25, 0.3) is 11.6 Å². The molecule has 2 N–H and O–H groups in total. The Hall–Kier alpha value is -2.46. The van der Waals surface area contributed by atoms with Crippen LogP contribution in [0, 0.1) is 0 Å². The number of methoxy groups -OCH3 is 1. The van der Waals surface area contributed by atoms with Crippen molar-refractivity contribution >= 4 is 31.8 Å². The van der Waals surface area contributed by atoms with Crippen molar-refractivity contribution < 1.29 is 25.8 Å². The highest BCUT2D eigenvalue weighted by molar-refractivity contribution is 7.89. The van der Waals surface area contributed by atoms with Crippen LogP contribution >= 0.6 is 0 Å². The fraction of sp³-hybridized carbons (Fsp3) is 0.238. The minimum Gasteiger partial charge on any atom is -0.497 e. The first kappa shape index (κ1) is 22.2. The highest BCUT2D eigenvalue weighted by atomic mass is 32.2. The lowest BCUT2D eigenvalue weighted by atomic mass is 9.96. The van der Waals surface area contributed by atoms with Gasteiger partial charge < -0.3 is 4.74 Å². The Balaban J connectivity index is 2.08. The maximum Gasteiger partial charge on any atom is 0.264 e. The van der Waals surface area contributed by atoms with E-state index in [4.69, 9.17) is 14.1 Å². The molecule has 0 atom stereocenters. The van der Waals surface area contributed by atoms with Crippen molar-refractivity contribution in [3.05, 3.63) is 70.3 Å². The van der Waals surface area contributed by atoms with Gasteiger partial charge in [-0.3, -0.25) is 4.18 Å². The van der Waals surface area contributed by atoms with Crippen LogP contribution in [0.1, 0.15) is 23.6 Å². The Bertz CT molecular complexity index is 1240. The summed E-state index contributed by atoms with van der Waals surface area (Å²) in [7, 11) is -5.87. The lowest BCUT2D eigenvalue weighted by Gasteiger charge is -2.14. The molecule has 1 aliphatic rings. The summed E-state index contributed by atoms with van der Waals surface area (Å²) >= 11 is 0. The molecule has 3 rings (SSSR count). The summed E-state index contributed by atoms with van der Waals surface area (Å²) in [6.45, 7) is 1.83. The molecule has 160 valence electrons. The fourth-order valence-corrected chi connectivity index (χ4v) is 4.29. The topological polar surface area (TPSA) is 113 Å². The second kappa shape index (κ2) is 8.35. The van der Waals surface area contributed by atoms with Gasteiger partial charge in [0.25, 0.3) is 10.1 Å². The first-order valence-electron chi connectivity index (χ1n) is 9.03. The minimum absolute atomic E-state index is 0.0000644. The third-order valence-corrected chi connectivity index (χ3v) is 6.24. The fourth-order valence-electron chi connectivity index (χ4n) is 3.43. The molecule has 2 aromatic rings. The van der Waals surface area contributed by atoms with Gasteiger partial charge in [0.1, 0.15) is 5.75 Å². The zero-order valence-corrected chi connectivity index (χ0v) is 18.5. The Morgan fingerprint density at radius 2 is 1.77 bits per heavy atom. The number of nitrogens with two attached hydrogens (primary N) is 1. The third-order valence-electron chi connectivity index (χ3n) is 4.77. The molecule has 0 saturated carbocycles. The lowest BCUT2D eigenvalue weighted by Crippen LogP contribution is -2.11. The molecule has 1 aliphatic carbocycles. The van der Waals surface area contributed by atoms with E-state index >= 15 is 0 Å². The summed E-state index contributed by atoms with van der Waals surface area (Å²) in [5, 5.41) is 5.15. The maximum absolute atomic E-state index is 11.6. The highest BCUT2D eigenvalue weighted by Gasteiger charge is 2.23. The summed E-state index contributed by atoms with van der Waals surface area (Å²) in [6.07, 6.45) is 3.51. The summed E-state index contributed by atoms with van der Waals surface area (Å²) in [6, 6.07) is 11.8. The van der Waals surface area contributed by atoms with Crippen molar-refractivity contribution in [1.82, 2.24) is 0 Å². The molecule has 0 amide bonds. The second-order valence-electron chi connectivity index (χ2n) is 7.11. The molecule has 0 radical (unpaired) electrons. The van der Waals surface area contributed by atoms with Gasteiger partial charge in [0, 0.05) is 0 Å². The van der Waals surface area contributed by atoms with Gasteiger partial charge in [-0.25, -0.2) is 13.6 Å². The molecular weight excluding hydrogens is 426 g/mol. The highest BCUT2D eigenvalue weighted by Crippen LogP contribution is 2.40. The number of benzene rings is 2. The number of hydrogen-bond donors (Lipinski definition) is 1. The summed E-state index contributed by atoms with van der Waals surface area (Å²) in [4.78, 5) is -0.0000644. The van der Waals surface area contributed by atoms with Crippen molar-refractivity contribution in [2.45, 2.75) is 18.2 Å². The summed E-state index contributed by atoms with van der Waals surface area (Å²) in [5.41, 5.74) is 5.37. The lowest BCUT2D eigenvalue weighted by molar-refractivity contribution is 0.357. The third kappa shape index (κ3) is 5.17. The van der Waals surface area contributed by atoms with E-state index in [1.165, 1.54) is 12.1 Å². The molecule has 0 spiro atoms. The summed E-state index contributed by atoms with van der Waals surface area (Å²) < 4.78 is 56.6. The number of primary sulfonamides is 1. The van der Waals surface area contributed by atoms with Crippen LogP contribution in [0.15, 0.2) is 58.5 Å². The van der Waals surface area contributed by atoms with Crippen LogP contribution in [0.5, 0.6) is 5.75 Å². The zero-order valence-electron chi connectivity index (χ0n) is 16.9. The van der Waals surface area contributed by atoms with Crippen molar-refractivity contribution in [3.63, 3.8) is 0 Å². The molecular formula is C21H23NO6S2. The van der Waals surface area contributed by atoms with E-state index in [1.807, 2.05) is 25.1 Å². The molecule has 7 nitrogen and oxygen atoms in total. The average molecular weight is 450 g/mol. The standard InChI is InChI=1S/C21H23NO6S2/c1-14-10-16-6-7-18(27-2)12-20(16)21(14)17(13-28-29(3,23)24)11-15-4-8-19(9-5-15)30(22,25)26/h4-9,11-12H,10,13H2,1-3H3,(H2,22,25,26). The van der Waals surface area contributed by atoms with Gasteiger partial charge in [-0.1, -0.05) is 23.8 Å². The molecule has 0 aromatic heterocycles. The zero-order chi connectivity index (χ0) is 22.1. The van der Waals surface area contributed by atoms with Crippen LogP contribution in [-0.4, -0.2) is 36.8 Å². The van der Waals surface area contributed by atoms with Gasteiger partial charge in [0.05, 0.1) is 24.9 Å².